The third-order valence-corrected chi connectivity index (χ3v) is 4.60. The number of hydrogen-bond donors (Lipinski definition) is 1. The molecule has 26 heavy (non-hydrogen) atoms. The van der Waals surface area contributed by atoms with Gasteiger partial charge in [-0.2, -0.15) is 4.98 Å². The SMILES string of the molecule is CCCCc1noc(CN2C(=O)N[C@@](CC)(c3ccc(F)cc3)C2=O)n1. The molecule has 1 fully saturated rings. The molecule has 138 valence electrons. The number of hydrogen-bond acceptors (Lipinski definition) is 5. The van der Waals surface area contributed by atoms with Crippen molar-refractivity contribution in [3.63, 3.8) is 0 Å². The molecule has 2 aromatic rings. The van der Waals surface area contributed by atoms with Gasteiger partial charge in [0.15, 0.2) is 5.82 Å². The van der Waals surface area contributed by atoms with Gasteiger partial charge in [-0.05, 0) is 30.5 Å². The summed E-state index contributed by atoms with van der Waals surface area (Å²) in [5, 5.41) is 6.61. The van der Waals surface area contributed by atoms with Crippen LogP contribution < -0.4 is 5.32 Å². The van der Waals surface area contributed by atoms with Crippen molar-refractivity contribution in [2.24, 2.45) is 0 Å². The van der Waals surface area contributed by atoms with Crippen LogP contribution in [0.4, 0.5) is 9.18 Å². The van der Waals surface area contributed by atoms with Crippen molar-refractivity contribution in [1.82, 2.24) is 20.4 Å². The van der Waals surface area contributed by atoms with Crippen molar-refractivity contribution in [2.45, 2.75) is 51.6 Å². The standard InChI is InChI=1S/C18H21FN4O3/c1-3-5-6-14-20-15(26-22-14)11-23-16(24)18(4-2,21-17(23)25)12-7-9-13(19)10-8-12/h7-10H,3-6,11H2,1-2H3,(H,21,25)/t18-/m0/s1. The fourth-order valence-electron chi connectivity index (χ4n) is 3.07. The Kier molecular flexibility index (Phi) is 5.01. The van der Waals surface area contributed by atoms with Crippen LogP contribution >= 0.6 is 0 Å². The zero-order chi connectivity index (χ0) is 18.7. The van der Waals surface area contributed by atoms with Crippen molar-refractivity contribution >= 4 is 11.9 Å². The first-order valence-electron chi connectivity index (χ1n) is 8.71. The molecule has 0 unspecified atom stereocenters. The smallest absolute Gasteiger partial charge is 0.325 e. The molecule has 3 amide bonds. The second-order valence-electron chi connectivity index (χ2n) is 6.30. The van der Waals surface area contributed by atoms with Crippen LogP contribution in [0, 0.1) is 5.82 Å². The van der Waals surface area contributed by atoms with E-state index in [0.29, 0.717) is 24.2 Å². The Morgan fingerprint density at radius 2 is 1.96 bits per heavy atom. The van der Waals surface area contributed by atoms with Crippen LogP contribution in [-0.4, -0.2) is 27.0 Å². The summed E-state index contributed by atoms with van der Waals surface area (Å²) in [6, 6.07) is 5.03. The minimum Gasteiger partial charge on any atom is -0.337 e. The molecule has 1 aliphatic heterocycles. The number of imide groups is 1. The minimum absolute atomic E-state index is 0.0905. The molecular weight excluding hydrogens is 339 g/mol. The van der Waals surface area contributed by atoms with Crippen molar-refractivity contribution in [2.75, 3.05) is 0 Å². The van der Waals surface area contributed by atoms with E-state index < -0.39 is 23.3 Å². The van der Waals surface area contributed by atoms with E-state index in [-0.39, 0.29) is 12.4 Å². The monoisotopic (exact) mass is 360 g/mol. The molecule has 1 atom stereocenters. The van der Waals surface area contributed by atoms with Gasteiger partial charge in [0.1, 0.15) is 17.9 Å². The van der Waals surface area contributed by atoms with Crippen LogP contribution in [0.5, 0.6) is 0 Å². The number of amides is 3. The molecule has 1 aromatic heterocycles. The molecule has 0 bridgehead atoms. The Bertz CT molecular complexity index is 805. The fourth-order valence-corrected chi connectivity index (χ4v) is 3.07. The van der Waals surface area contributed by atoms with Gasteiger partial charge < -0.3 is 9.84 Å². The number of aromatic nitrogens is 2. The van der Waals surface area contributed by atoms with E-state index in [4.69, 9.17) is 4.52 Å². The summed E-state index contributed by atoms with van der Waals surface area (Å²) >= 11 is 0. The lowest BCUT2D eigenvalue weighted by Crippen LogP contribution is -2.43. The van der Waals surface area contributed by atoms with E-state index in [0.717, 1.165) is 17.7 Å². The molecule has 1 aliphatic rings. The average molecular weight is 360 g/mol. The molecule has 0 saturated carbocycles. The summed E-state index contributed by atoms with van der Waals surface area (Å²) in [7, 11) is 0. The summed E-state index contributed by atoms with van der Waals surface area (Å²) in [6.07, 6.45) is 2.97. The van der Waals surface area contributed by atoms with E-state index in [2.05, 4.69) is 22.4 Å². The minimum atomic E-state index is -1.21. The Balaban J connectivity index is 1.81. The van der Waals surface area contributed by atoms with Gasteiger partial charge in [-0.3, -0.25) is 9.69 Å². The maximum absolute atomic E-state index is 13.2. The summed E-state index contributed by atoms with van der Waals surface area (Å²) < 4.78 is 18.4. The number of nitrogens with zero attached hydrogens (tertiary/aromatic N) is 3. The highest BCUT2D eigenvalue weighted by Crippen LogP contribution is 2.33. The third-order valence-electron chi connectivity index (χ3n) is 4.60. The molecule has 0 spiro atoms. The first-order chi connectivity index (χ1) is 12.5. The summed E-state index contributed by atoms with van der Waals surface area (Å²) in [4.78, 5) is 30.7. The van der Waals surface area contributed by atoms with Crippen LogP contribution in [0.25, 0.3) is 0 Å². The number of rotatable bonds is 7. The number of aryl methyl sites for hydroxylation is 1. The zero-order valence-electron chi connectivity index (χ0n) is 14.8. The lowest BCUT2D eigenvalue weighted by Gasteiger charge is -2.25. The Morgan fingerprint density at radius 3 is 2.62 bits per heavy atom. The number of urea groups is 1. The molecule has 1 aromatic carbocycles. The quantitative estimate of drug-likeness (QED) is 0.767. The predicted octanol–water partition coefficient (Wildman–Crippen LogP) is 2.91. The van der Waals surface area contributed by atoms with Gasteiger partial charge in [-0.1, -0.05) is 37.6 Å². The van der Waals surface area contributed by atoms with Gasteiger partial charge >= 0.3 is 6.03 Å². The molecule has 8 heteroatoms. The number of carbonyl (C=O) groups excluding carboxylic acids is 2. The molecule has 3 rings (SSSR count). The van der Waals surface area contributed by atoms with Gasteiger partial charge in [0.25, 0.3) is 5.91 Å². The topological polar surface area (TPSA) is 88.3 Å². The van der Waals surface area contributed by atoms with Crippen molar-refractivity contribution in [1.29, 1.82) is 0 Å². The zero-order valence-corrected chi connectivity index (χ0v) is 14.8. The number of carbonyl (C=O) groups is 2. The van der Waals surface area contributed by atoms with Gasteiger partial charge in [-0.15, -0.1) is 0 Å². The summed E-state index contributed by atoms with van der Waals surface area (Å²) in [6.45, 7) is 3.77. The lowest BCUT2D eigenvalue weighted by atomic mass is 9.87. The van der Waals surface area contributed by atoms with Gasteiger partial charge in [0.2, 0.25) is 5.89 Å². The number of benzene rings is 1. The predicted molar refractivity (Wildman–Crippen MR) is 90.4 cm³/mol. The third kappa shape index (κ3) is 3.18. The van der Waals surface area contributed by atoms with Crippen molar-refractivity contribution in [3.8, 4) is 0 Å². The lowest BCUT2D eigenvalue weighted by molar-refractivity contribution is -0.132. The van der Waals surface area contributed by atoms with Crippen LogP contribution in [0.1, 0.15) is 50.4 Å². The second kappa shape index (κ2) is 7.23. The van der Waals surface area contributed by atoms with Crippen LogP contribution in [0.2, 0.25) is 0 Å². The highest BCUT2D eigenvalue weighted by molar-refractivity contribution is 6.07. The maximum Gasteiger partial charge on any atom is 0.325 e. The van der Waals surface area contributed by atoms with Crippen molar-refractivity contribution in [3.05, 3.63) is 47.4 Å². The largest absolute Gasteiger partial charge is 0.337 e. The van der Waals surface area contributed by atoms with Crippen LogP contribution in [0.3, 0.4) is 0 Å². The Hall–Kier alpha value is -2.77. The van der Waals surface area contributed by atoms with E-state index in [9.17, 15) is 14.0 Å². The summed E-state index contributed by atoms with van der Waals surface area (Å²) in [5.41, 5.74) is -0.674. The number of halogens is 1. The molecular formula is C18H21FN4O3. The van der Waals surface area contributed by atoms with Crippen LogP contribution in [-0.2, 0) is 23.3 Å². The van der Waals surface area contributed by atoms with E-state index >= 15 is 0 Å². The molecule has 2 heterocycles. The van der Waals surface area contributed by atoms with E-state index in [1.165, 1.54) is 24.3 Å². The first-order valence-corrected chi connectivity index (χ1v) is 8.71. The molecule has 7 nitrogen and oxygen atoms in total. The van der Waals surface area contributed by atoms with Crippen LogP contribution in [0.15, 0.2) is 28.8 Å². The molecule has 0 aliphatic carbocycles. The maximum atomic E-state index is 13.2. The highest BCUT2D eigenvalue weighted by atomic mass is 19.1. The second-order valence-corrected chi connectivity index (χ2v) is 6.30. The van der Waals surface area contributed by atoms with Gasteiger partial charge in [0.05, 0.1) is 0 Å². The number of unbranched alkanes of at least 4 members (excludes halogenated alkanes) is 1. The Labute approximate surface area is 150 Å². The number of nitrogens with one attached hydrogen (secondary N) is 1. The first kappa shape index (κ1) is 18.0. The molecule has 1 N–H and O–H groups in total. The Morgan fingerprint density at radius 1 is 1.23 bits per heavy atom. The van der Waals surface area contributed by atoms with E-state index in [1.54, 1.807) is 6.92 Å². The van der Waals surface area contributed by atoms with E-state index in [1.807, 2.05) is 0 Å². The molecule has 0 radical (unpaired) electrons. The van der Waals surface area contributed by atoms with Gasteiger partial charge in [-0.25, -0.2) is 9.18 Å². The fraction of sp³-hybridized carbons (Fsp3) is 0.444. The van der Waals surface area contributed by atoms with Gasteiger partial charge in [0, 0.05) is 6.42 Å². The molecule has 1 saturated heterocycles. The summed E-state index contributed by atoms with van der Waals surface area (Å²) in [5.74, 6) is -0.0381. The highest BCUT2D eigenvalue weighted by Gasteiger charge is 2.51. The normalized spacial score (nSPS) is 19.9. The average Bonchev–Trinajstić information content (AvgIpc) is 3.19. The van der Waals surface area contributed by atoms with Crippen molar-refractivity contribution < 1.29 is 18.5 Å².